The molecule has 2 aromatic rings. The number of fused-ring (bicyclic) bond motifs is 2. The van der Waals surface area contributed by atoms with Gasteiger partial charge in [0, 0.05) is 12.0 Å². The van der Waals surface area contributed by atoms with Gasteiger partial charge in [-0.3, -0.25) is 4.90 Å². The third-order valence-electron chi connectivity index (χ3n) is 7.31. The van der Waals surface area contributed by atoms with E-state index in [9.17, 15) is 9.90 Å². The molecule has 1 saturated carbocycles. The van der Waals surface area contributed by atoms with Crippen LogP contribution in [0.5, 0.6) is 0 Å². The maximum atomic E-state index is 13.0. The van der Waals surface area contributed by atoms with Crippen molar-refractivity contribution in [3.63, 3.8) is 0 Å². The van der Waals surface area contributed by atoms with Gasteiger partial charge in [-0.1, -0.05) is 81.4 Å². The van der Waals surface area contributed by atoms with E-state index >= 15 is 0 Å². The fourth-order valence-corrected chi connectivity index (χ4v) is 10.7. The van der Waals surface area contributed by atoms with Gasteiger partial charge >= 0.3 is 6.09 Å². The van der Waals surface area contributed by atoms with Crippen molar-refractivity contribution < 1.29 is 19.1 Å². The molecule has 0 spiro atoms. The normalized spacial score (nSPS) is 25.0. The minimum Gasteiger partial charge on any atom is -0.444 e. The number of hydrogen-bond acceptors (Lipinski definition) is 4. The monoisotopic (exact) mass is 481 g/mol. The van der Waals surface area contributed by atoms with Crippen molar-refractivity contribution in [3.8, 4) is 0 Å². The number of aliphatic hydroxyl groups excluding tert-OH is 1. The van der Waals surface area contributed by atoms with Gasteiger partial charge in [0.2, 0.25) is 0 Å². The molecule has 1 N–H and O–H groups in total. The summed E-state index contributed by atoms with van der Waals surface area (Å²) >= 11 is 0. The third kappa shape index (κ3) is 4.43. The minimum absolute atomic E-state index is 0.0212. The number of hydrogen-bond donors (Lipinski definition) is 1. The average molecular weight is 482 g/mol. The highest BCUT2D eigenvalue weighted by Gasteiger charge is 2.59. The third-order valence-corrected chi connectivity index (χ3v) is 12.4. The van der Waals surface area contributed by atoms with Crippen LogP contribution in [0, 0.1) is 5.92 Å². The number of rotatable bonds is 5. The van der Waals surface area contributed by atoms with Gasteiger partial charge in [0.25, 0.3) is 8.32 Å². The van der Waals surface area contributed by atoms with Crippen LogP contribution in [-0.2, 0) is 9.16 Å². The van der Waals surface area contributed by atoms with Crippen LogP contribution in [0.15, 0.2) is 60.7 Å². The summed E-state index contributed by atoms with van der Waals surface area (Å²) in [6, 6.07) is 21.0. The Balaban J connectivity index is 1.70. The van der Waals surface area contributed by atoms with Crippen molar-refractivity contribution in [2.45, 2.75) is 83.2 Å². The number of ether oxygens (including phenoxy) is 1. The first-order chi connectivity index (χ1) is 16.0. The number of carbonyl (C=O) groups excluding carboxylic acids is 1. The van der Waals surface area contributed by atoms with Crippen molar-refractivity contribution >= 4 is 24.8 Å². The van der Waals surface area contributed by atoms with Crippen molar-refractivity contribution in [1.82, 2.24) is 4.90 Å². The topological polar surface area (TPSA) is 59.0 Å². The summed E-state index contributed by atoms with van der Waals surface area (Å²) in [6.45, 7) is 12.4. The molecular weight excluding hydrogens is 442 g/mol. The fraction of sp³-hybridized carbons (Fsp3) is 0.536. The number of piperidine rings is 1. The Morgan fingerprint density at radius 2 is 1.47 bits per heavy atom. The fourth-order valence-electron chi connectivity index (χ4n) is 5.99. The summed E-state index contributed by atoms with van der Waals surface area (Å²) in [5.41, 5.74) is -0.566. The molecule has 0 aromatic heterocycles. The quantitative estimate of drug-likeness (QED) is 0.646. The van der Waals surface area contributed by atoms with Crippen LogP contribution in [0.4, 0.5) is 4.79 Å². The van der Waals surface area contributed by atoms with Gasteiger partial charge in [-0.2, -0.15) is 0 Å². The van der Waals surface area contributed by atoms with Gasteiger partial charge in [0.05, 0.1) is 18.8 Å². The lowest BCUT2D eigenvalue weighted by atomic mass is 9.97. The highest BCUT2D eigenvalue weighted by molar-refractivity contribution is 6.99. The predicted molar refractivity (Wildman–Crippen MR) is 138 cm³/mol. The summed E-state index contributed by atoms with van der Waals surface area (Å²) < 4.78 is 13.1. The van der Waals surface area contributed by atoms with Gasteiger partial charge < -0.3 is 14.3 Å². The molecule has 4 atom stereocenters. The van der Waals surface area contributed by atoms with Gasteiger partial charge in [-0.15, -0.1) is 0 Å². The lowest BCUT2D eigenvalue weighted by Gasteiger charge is -2.47. The number of nitrogens with zero attached hydrogens (tertiary/aromatic N) is 1. The van der Waals surface area contributed by atoms with E-state index in [0.29, 0.717) is 0 Å². The number of aliphatic hydroxyl groups is 1. The van der Waals surface area contributed by atoms with Crippen LogP contribution in [0.25, 0.3) is 0 Å². The van der Waals surface area contributed by atoms with E-state index in [-0.39, 0.29) is 41.8 Å². The molecule has 1 aliphatic carbocycles. The van der Waals surface area contributed by atoms with Gasteiger partial charge in [0.15, 0.2) is 0 Å². The Bertz CT molecular complexity index is 943. The van der Waals surface area contributed by atoms with Crippen molar-refractivity contribution in [2.75, 3.05) is 6.61 Å². The Hall–Kier alpha value is -2.15. The lowest BCUT2D eigenvalue weighted by molar-refractivity contribution is -0.0191. The highest BCUT2D eigenvalue weighted by Crippen LogP contribution is 2.48. The second-order valence-corrected chi connectivity index (χ2v) is 16.0. The van der Waals surface area contributed by atoms with E-state index < -0.39 is 13.9 Å². The first-order valence-corrected chi connectivity index (χ1v) is 14.3. The lowest BCUT2D eigenvalue weighted by Crippen LogP contribution is -2.68. The van der Waals surface area contributed by atoms with E-state index in [1.165, 1.54) is 10.4 Å². The van der Waals surface area contributed by atoms with Crippen molar-refractivity contribution in [3.05, 3.63) is 60.7 Å². The molecule has 2 aliphatic rings. The molecule has 1 saturated heterocycles. The van der Waals surface area contributed by atoms with E-state index in [2.05, 4.69) is 69.3 Å². The molecule has 184 valence electrons. The van der Waals surface area contributed by atoms with Crippen molar-refractivity contribution in [1.29, 1.82) is 0 Å². The number of carbonyl (C=O) groups is 1. The molecule has 1 amide bonds. The summed E-state index contributed by atoms with van der Waals surface area (Å²) in [7, 11) is -2.70. The van der Waals surface area contributed by atoms with E-state index in [0.717, 1.165) is 12.8 Å². The smallest absolute Gasteiger partial charge is 0.410 e. The largest absolute Gasteiger partial charge is 0.444 e. The van der Waals surface area contributed by atoms with Crippen LogP contribution >= 0.6 is 0 Å². The Morgan fingerprint density at radius 1 is 0.941 bits per heavy atom. The molecule has 4 rings (SSSR count). The molecule has 1 aliphatic heterocycles. The zero-order valence-corrected chi connectivity index (χ0v) is 22.3. The van der Waals surface area contributed by atoms with Gasteiger partial charge in [-0.25, -0.2) is 4.79 Å². The summed E-state index contributed by atoms with van der Waals surface area (Å²) in [4.78, 5) is 14.8. The summed E-state index contributed by atoms with van der Waals surface area (Å²) in [6.07, 6.45) is 1.26. The molecule has 5 nitrogen and oxygen atoms in total. The van der Waals surface area contributed by atoms with Crippen LogP contribution in [0.3, 0.4) is 0 Å². The van der Waals surface area contributed by atoms with E-state index in [1.54, 1.807) is 4.90 Å². The Labute approximate surface area is 205 Å². The number of benzene rings is 2. The molecule has 0 unspecified atom stereocenters. The van der Waals surface area contributed by atoms with Crippen LogP contribution < -0.4 is 10.4 Å². The van der Waals surface area contributed by atoms with Crippen LogP contribution in [0.1, 0.15) is 54.4 Å². The molecule has 6 heteroatoms. The first kappa shape index (κ1) is 25.0. The predicted octanol–water partition coefficient (Wildman–Crippen LogP) is 4.32. The van der Waals surface area contributed by atoms with E-state index in [4.69, 9.17) is 9.16 Å². The molecule has 2 aromatic carbocycles. The van der Waals surface area contributed by atoms with Crippen LogP contribution in [0.2, 0.25) is 5.04 Å². The Kier molecular flexibility index (Phi) is 6.70. The van der Waals surface area contributed by atoms with Crippen molar-refractivity contribution in [2.24, 2.45) is 5.92 Å². The zero-order chi connectivity index (χ0) is 24.7. The molecule has 1 heterocycles. The van der Waals surface area contributed by atoms with E-state index in [1.807, 2.05) is 32.9 Å². The molecular formula is C28H39NO4Si. The highest BCUT2D eigenvalue weighted by atomic mass is 28.4. The summed E-state index contributed by atoms with van der Waals surface area (Å²) in [5, 5.41) is 12.7. The minimum atomic E-state index is -2.70. The van der Waals surface area contributed by atoms with Gasteiger partial charge in [0.1, 0.15) is 5.60 Å². The maximum Gasteiger partial charge on any atom is 0.410 e. The SMILES string of the molecule is CC(C)(C)OC(=O)N1[C@@H]2C[C@@H]([C@H](O[Si](c3ccccc3)(c3ccccc3)C(C)(C)C)C2)[C@@H]1CO. The zero-order valence-electron chi connectivity index (χ0n) is 21.3. The maximum absolute atomic E-state index is 13.0. The second kappa shape index (κ2) is 9.13. The molecule has 0 radical (unpaired) electrons. The standard InChI is InChI=1S/C28H39NO4Si/c1-27(2,3)32-26(31)29-20-17-23(24(29)19-30)25(18-20)33-34(28(4,5)6,21-13-9-7-10-14-21)22-15-11-8-12-16-22/h7-16,20,23-25,30H,17-19H2,1-6H3/t20-,23-,24+,25-/m1/s1. The first-order valence-electron chi connectivity index (χ1n) is 12.4. The molecule has 2 fully saturated rings. The van der Waals surface area contributed by atoms with Crippen LogP contribution in [-0.4, -0.2) is 54.8 Å². The average Bonchev–Trinajstić information content (AvgIpc) is 3.34. The molecule has 34 heavy (non-hydrogen) atoms. The second-order valence-electron chi connectivity index (χ2n) is 11.7. The number of likely N-dealkylation sites (tertiary alicyclic amines) is 1. The Morgan fingerprint density at radius 3 is 1.91 bits per heavy atom. The summed E-state index contributed by atoms with van der Waals surface area (Å²) in [5.74, 6) is 0.0872. The molecule has 2 bridgehead atoms. The number of amides is 1. The van der Waals surface area contributed by atoms with Gasteiger partial charge in [-0.05, 0) is 49.0 Å².